The van der Waals surface area contributed by atoms with Gasteiger partial charge in [-0.15, -0.1) is 0 Å². The van der Waals surface area contributed by atoms with E-state index in [0.717, 1.165) is 42.0 Å². The van der Waals surface area contributed by atoms with Gasteiger partial charge in [-0.3, -0.25) is 9.69 Å². The van der Waals surface area contributed by atoms with E-state index in [4.69, 9.17) is 4.98 Å². The van der Waals surface area contributed by atoms with E-state index < -0.39 is 0 Å². The number of fused-ring (bicyclic) bond motifs is 1. The summed E-state index contributed by atoms with van der Waals surface area (Å²) >= 11 is 0. The molecule has 0 aliphatic carbocycles. The molecule has 2 aliphatic rings. The summed E-state index contributed by atoms with van der Waals surface area (Å²) in [6.45, 7) is 2.32. The molecule has 3 heterocycles. The van der Waals surface area contributed by atoms with E-state index in [1.54, 1.807) is 12.1 Å². The molecule has 6 heteroatoms. The number of likely N-dealkylation sites (tertiary alicyclic amines) is 1. The summed E-state index contributed by atoms with van der Waals surface area (Å²) < 4.78 is 13.0. The van der Waals surface area contributed by atoms with Gasteiger partial charge in [-0.05, 0) is 44.1 Å². The third kappa shape index (κ3) is 4.00. The van der Waals surface area contributed by atoms with Crippen molar-refractivity contribution in [2.75, 3.05) is 20.1 Å². The molecule has 1 saturated heterocycles. The van der Waals surface area contributed by atoms with Crippen LogP contribution in [0.2, 0.25) is 0 Å². The van der Waals surface area contributed by atoms with Crippen molar-refractivity contribution < 1.29 is 9.18 Å². The van der Waals surface area contributed by atoms with Gasteiger partial charge >= 0.3 is 0 Å². The van der Waals surface area contributed by atoms with Crippen LogP contribution in [0, 0.1) is 5.82 Å². The largest absolute Gasteiger partial charge is 0.338 e. The molecule has 0 radical (unpaired) electrons. The molecular weight excluding hydrogens is 343 g/mol. The minimum atomic E-state index is -0.283. The van der Waals surface area contributed by atoms with Crippen molar-refractivity contribution in [3.8, 4) is 0 Å². The molecule has 1 aromatic heterocycles. The third-order valence-electron chi connectivity index (χ3n) is 5.64. The molecule has 1 atom stereocenters. The lowest BCUT2D eigenvalue weighted by atomic mass is 10.0. The number of benzene rings is 1. The molecule has 1 fully saturated rings. The molecule has 5 nitrogen and oxygen atoms in total. The fraction of sp³-hybridized carbons (Fsp3) is 0.476. The second-order valence-electron chi connectivity index (χ2n) is 7.56. The normalized spacial score (nSPS) is 20.4. The van der Waals surface area contributed by atoms with E-state index in [0.29, 0.717) is 25.6 Å². The molecule has 27 heavy (non-hydrogen) atoms. The van der Waals surface area contributed by atoms with Crippen LogP contribution in [0.4, 0.5) is 4.39 Å². The van der Waals surface area contributed by atoms with Gasteiger partial charge in [0.05, 0.1) is 18.2 Å². The average Bonchev–Trinajstić information content (AvgIpc) is 2.69. The zero-order valence-electron chi connectivity index (χ0n) is 15.7. The van der Waals surface area contributed by atoms with E-state index >= 15 is 0 Å². The first-order valence-corrected chi connectivity index (χ1v) is 9.67. The maximum absolute atomic E-state index is 13.0. The number of hydrogen-bond acceptors (Lipinski definition) is 4. The second-order valence-corrected chi connectivity index (χ2v) is 7.56. The van der Waals surface area contributed by atoms with Crippen LogP contribution in [0.25, 0.3) is 0 Å². The van der Waals surface area contributed by atoms with Gasteiger partial charge in [0.15, 0.2) is 0 Å². The number of aromatic nitrogens is 2. The highest BCUT2D eigenvalue weighted by atomic mass is 19.1. The van der Waals surface area contributed by atoms with Crippen LogP contribution in [-0.2, 0) is 24.2 Å². The van der Waals surface area contributed by atoms with Gasteiger partial charge in [-0.2, -0.15) is 0 Å². The quantitative estimate of drug-likeness (QED) is 0.836. The zero-order chi connectivity index (χ0) is 18.8. The van der Waals surface area contributed by atoms with Crippen molar-refractivity contribution in [1.29, 1.82) is 0 Å². The fourth-order valence-electron chi connectivity index (χ4n) is 4.00. The van der Waals surface area contributed by atoms with Gasteiger partial charge < -0.3 is 4.90 Å². The third-order valence-corrected chi connectivity index (χ3v) is 5.64. The fourth-order valence-corrected chi connectivity index (χ4v) is 4.00. The summed E-state index contributed by atoms with van der Waals surface area (Å²) in [6, 6.07) is 6.43. The number of halogens is 1. The Hall–Kier alpha value is -2.34. The van der Waals surface area contributed by atoms with Crippen molar-refractivity contribution in [1.82, 2.24) is 19.8 Å². The molecule has 1 amide bonds. The summed E-state index contributed by atoms with van der Waals surface area (Å²) in [7, 11) is 2.14. The maximum Gasteiger partial charge on any atom is 0.227 e. The second kappa shape index (κ2) is 7.72. The standard InChI is InChI=1S/C21H25FN4O/c1-25-10-3-2-4-19(25)21-23-13-16-14-26(11-9-18(16)24-21)20(27)12-15-5-7-17(22)8-6-15/h5-8,13,19H,2-4,9-12,14H2,1H3. The van der Waals surface area contributed by atoms with Crippen molar-refractivity contribution in [3.63, 3.8) is 0 Å². The summed E-state index contributed by atoms with van der Waals surface area (Å²) in [4.78, 5) is 26.3. The molecular formula is C21H25FN4O. The van der Waals surface area contributed by atoms with Gasteiger partial charge in [-0.1, -0.05) is 18.6 Å². The molecule has 1 aromatic carbocycles. The van der Waals surface area contributed by atoms with Gasteiger partial charge in [0.25, 0.3) is 0 Å². The lowest BCUT2D eigenvalue weighted by Crippen LogP contribution is -2.38. The Balaban J connectivity index is 1.43. The van der Waals surface area contributed by atoms with Crippen molar-refractivity contribution in [2.24, 2.45) is 0 Å². The smallest absolute Gasteiger partial charge is 0.227 e. The minimum Gasteiger partial charge on any atom is -0.338 e. The van der Waals surface area contributed by atoms with Crippen LogP contribution >= 0.6 is 0 Å². The van der Waals surface area contributed by atoms with E-state index in [-0.39, 0.29) is 11.7 Å². The van der Waals surface area contributed by atoms with Crippen molar-refractivity contribution in [3.05, 3.63) is 58.9 Å². The highest BCUT2D eigenvalue weighted by Gasteiger charge is 2.26. The predicted octanol–water partition coefficient (Wildman–Crippen LogP) is 2.90. The number of nitrogens with zero attached hydrogens (tertiary/aromatic N) is 4. The summed E-state index contributed by atoms with van der Waals surface area (Å²) in [5.41, 5.74) is 2.94. The van der Waals surface area contributed by atoms with Gasteiger partial charge in [0.2, 0.25) is 5.91 Å². The average molecular weight is 368 g/mol. The van der Waals surface area contributed by atoms with Crippen LogP contribution in [0.15, 0.2) is 30.5 Å². The number of amides is 1. The van der Waals surface area contributed by atoms with Crippen LogP contribution in [-0.4, -0.2) is 45.8 Å². The Kier molecular flexibility index (Phi) is 5.16. The highest BCUT2D eigenvalue weighted by molar-refractivity contribution is 5.79. The Morgan fingerprint density at radius 2 is 2.04 bits per heavy atom. The molecule has 0 spiro atoms. The van der Waals surface area contributed by atoms with Gasteiger partial charge in [-0.25, -0.2) is 14.4 Å². The Bertz CT molecular complexity index is 823. The van der Waals surface area contributed by atoms with Crippen molar-refractivity contribution >= 4 is 5.91 Å². The van der Waals surface area contributed by atoms with Crippen LogP contribution in [0.1, 0.15) is 47.9 Å². The first-order valence-electron chi connectivity index (χ1n) is 9.67. The maximum atomic E-state index is 13.0. The number of piperidine rings is 1. The number of carbonyl (C=O) groups is 1. The molecule has 2 aliphatic heterocycles. The van der Waals surface area contributed by atoms with Gasteiger partial charge in [0.1, 0.15) is 11.6 Å². The van der Waals surface area contributed by atoms with Crippen LogP contribution in [0.5, 0.6) is 0 Å². The lowest BCUT2D eigenvalue weighted by molar-refractivity contribution is -0.131. The molecule has 142 valence electrons. The number of rotatable bonds is 3. The first-order chi connectivity index (χ1) is 13.1. The number of hydrogen-bond donors (Lipinski definition) is 0. The Morgan fingerprint density at radius 1 is 1.22 bits per heavy atom. The van der Waals surface area contributed by atoms with Gasteiger partial charge in [0, 0.05) is 31.3 Å². The Morgan fingerprint density at radius 3 is 2.81 bits per heavy atom. The van der Waals surface area contributed by atoms with E-state index in [9.17, 15) is 9.18 Å². The SMILES string of the molecule is CN1CCCCC1c1ncc2c(n1)CCN(C(=O)Cc1ccc(F)cc1)C2. The molecule has 0 bridgehead atoms. The minimum absolute atomic E-state index is 0.0587. The van der Waals surface area contributed by atoms with E-state index in [2.05, 4.69) is 16.9 Å². The lowest BCUT2D eigenvalue weighted by Gasteiger charge is -2.33. The highest BCUT2D eigenvalue weighted by Crippen LogP contribution is 2.28. The predicted molar refractivity (Wildman–Crippen MR) is 100 cm³/mol. The molecule has 0 N–H and O–H groups in total. The molecule has 4 rings (SSSR count). The molecule has 0 saturated carbocycles. The summed E-state index contributed by atoms with van der Waals surface area (Å²) in [5.74, 6) is 0.694. The zero-order valence-corrected chi connectivity index (χ0v) is 15.7. The topological polar surface area (TPSA) is 49.3 Å². The molecule has 1 unspecified atom stereocenters. The Labute approximate surface area is 159 Å². The number of carbonyl (C=O) groups excluding carboxylic acids is 1. The van der Waals surface area contributed by atoms with E-state index in [1.807, 2.05) is 11.1 Å². The van der Waals surface area contributed by atoms with Crippen LogP contribution < -0.4 is 0 Å². The summed E-state index contributed by atoms with van der Waals surface area (Å²) in [6.07, 6.45) is 6.52. The monoisotopic (exact) mass is 368 g/mol. The summed E-state index contributed by atoms with van der Waals surface area (Å²) in [5, 5.41) is 0. The molecule has 2 aromatic rings. The van der Waals surface area contributed by atoms with E-state index in [1.165, 1.54) is 25.0 Å². The van der Waals surface area contributed by atoms with Crippen LogP contribution in [0.3, 0.4) is 0 Å². The van der Waals surface area contributed by atoms with Crippen molar-refractivity contribution in [2.45, 2.75) is 44.7 Å². The first kappa shape index (κ1) is 18.0.